The summed E-state index contributed by atoms with van der Waals surface area (Å²) in [6.07, 6.45) is 2.00. The Labute approximate surface area is 172 Å². The fraction of sp³-hybridized carbons (Fsp3) is 0.524. The quantitative estimate of drug-likeness (QED) is 0.553. The Bertz CT molecular complexity index is 850. The molecule has 1 aromatic carbocycles. The first-order valence-corrected chi connectivity index (χ1v) is 10.3. The van der Waals surface area contributed by atoms with Crippen molar-refractivity contribution in [1.29, 1.82) is 0 Å². The minimum Gasteiger partial charge on any atom is -0.497 e. The van der Waals surface area contributed by atoms with E-state index in [1.165, 1.54) is 4.90 Å². The molecule has 0 radical (unpaired) electrons. The number of pyridine rings is 1. The Balaban J connectivity index is 2.24. The van der Waals surface area contributed by atoms with Crippen molar-refractivity contribution >= 4 is 28.2 Å². The van der Waals surface area contributed by atoms with Gasteiger partial charge in [-0.25, -0.2) is 0 Å². The van der Waals surface area contributed by atoms with Crippen molar-refractivity contribution in [2.24, 2.45) is 0 Å². The van der Waals surface area contributed by atoms with Gasteiger partial charge in [0.15, 0.2) is 5.11 Å². The Kier molecular flexibility index (Phi) is 8.26. The van der Waals surface area contributed by atoms with Gasteiger partial charge in [0.2, 0.25) is 0 Å². The number of aromatic amines is 1. The van der Waals surface area contributed by atoms with Gasteiger partial charge >= 0.3 is 0 Å². The van der Waals surface area contributed by atoms with Crippen molar-refractivity contribution in [3.05, 3.63) is 40.2 Å². The van der Waals surface area contributed by atoms with E-state index in [0.717, 1.165) is 42.6 Å². The van der Waals surface area contributed by atoms with E-state index in [2.05, 4.69) is 43.1 Å². The molecule has 6 nitrogen and oxygen atoms in total. The molecule has 2 rings (SSSR count). The molecule has 0 saturated heterocycles. The molecule has 0 amide bonds. The lowest BCUT2D eigenvalue weighted by Gasteiger charge is -2.28. The summed E-state index contributed by atoms with van der Waals surface area (Å²) in [5.74, 6) is 0.725. The van der Waals surface area contributed by atoms with Crippen molar-refractivity contribution in [3.63, 3.8) is 0 Å². The van der Waals surface area contributed by atoms with Crippen molar-refractivity contribution < 1.29 is 9.64 Å². The number of nitrogens with one attached hydrogen (secondary N) is 3. The van der Waals surface area contributed by atoms with E-state index in [0.29, 0.717) is 23.3 Å². The summed E-state index contributed by atoms with van der Waals surface area (Å²) >= 11 is 5.65. The number of aromatic nitrogens is 1. The van der Waals surface area contributed by atoms with E-state index < -0.39 is 0 Å². The number of hydrogen-bond donors (Lipinski definition) is 3. The molecule has 0 unspecified atom stereocenters. The number of methoxy groups -OCH3 is 1. The van der Waals surface area contributed by atoms with Gasteiger partial charge in [0, 0.05) is 30.6 Å². The van der Waals surface area contributed by atoms with Crippen LogP contribution >= 0.6 is 12.2 Å². The fourth-order valence-electron chi connectivity index (χ4n) is 2.96. The molecule has 3 N–H and O–H groups in total. The Morgan fingerprint density at radius 3 is 2.75 bits per heavy atom. The summed E-state index contributed by atoms with van der Waals surface area (Å²) in [5.41, 5.74) is 1.40. The number of benzene rings is 1. The predicted octanol–water partition coefficient (Wildman–Crippen LogP) is 1.55. The Morgan fingerprint density at radius 2 is 2.11 bits per heavy atom. The van der Waals surface area contributed by atoms with Gasteiger partial charge in [0.25, 0.3) is 5.56 Å². The van der Waals surface area contributed by atoms with Crippen LogP contribution in [0.25, 0.3) is 10.9 Å². The van der Waals surface area contributed by atoms with Crippen LogP contribution in [0.4, 0.5) is 0 Å². The molecule has 154 valence electrons. The highest BCUT2D eigenvalue weighted by Crippen LogP contribution is 2.19. The molecule has 0 fully saturated rings. The number of ether oxygens (including phenoxy) is 1. The van der Waals surface area contributed by atoms with Crippen LogP contribution in [0.2, 0.25) is 0 Å². The van der Waals surface area contributed by atoms with Crippen LogP contribution in [0.5, 0.6) is 5.75 Å². The molecule has 1 aromatic heterocycles. The lowest BCUT2D eigenvalue weighted by atomic mass is 10.1. The highest BCUT2D eigenvalue weighted by molar-refractivity contribution is 7.80. The summed E-state index contributed by atoms with van der Waals surface area (Å²) in [5, 5.41) is 5.07. The van der Waals surface area contributed by atoms with E-state index in [9.17, 15) is 4.79 Å². The van der Waals surface area contributed by atoms with Crippen molar-refractivity contribution in [2.75, 3.05) is 34.3 Å². The van der Waals surface area contributed by atoms with Crippen LogP contribution in [0.3, 0.4) is 0 Å². The maximum atomic E-state index is 12.7. The molecule has 1 heterocycles. The molecular weight excluding hydrogens is 372 g/mol. The number of nitrogens with zero attached hydrogens (tertiary/aromatic N) is 1. The van der Waals surface area contributed by atoms with Gasteiger partial charge in [-0.05, 0) is 49.1 Å². The highest BCUT2D eigenvalue weighted by atomic mass is 32.1. The van der Waals surface area contributed by atoms with Gasteiger partial charge in [-0.2, -0.15) is 0 Å². The number of fused-ring (bicyclic) bond motifs is 1. The second-order valence-corrected chi connectivity index (χ2v) is 7.95. The van der Waals surface area contributed by atoms with E-state index >= 15 is 0 Å². The molecule has 7 heteroatoms. The molecule has 0 saturated carbocycles. The molecule has 0 aliphatic rings. The largest absolute Gasteiger partial charge is 0.497 e. The summed E-state index contributed by atoms with van der Waals surface area (Å²) in [6.45, 7) is 6.60. The van der Waals surface area contributed by atoms with Crippen molar-refractivity contribution in [1.82, 2.24) is 15.2 Å². The first kappa shape index (κ1) is 22.2. The van der Waals surface area contributed by atoms with E-state index in [1.54, 1.807) is 7.11 Å². The first-order valence-electron chi connectivity index (χ1n) is 9.88. The monoisotopic (exact) mass is 405 g/mol. The molecular formula is C21H33N4O2S+. The predicted molar refractivity (Wildman–Crippen MR) is 119 cm³/mol. The summed E-state index contributed by atoms with van der Waals surface area (Å²) < 4.78 is 5.24. The van der Waals surface area contributed by atoms with Crippen LogP contribution in [0.15, 0.2) is 29.1 Å². The molecule has 0 aliphatic heterocycles. The first-order chi connectivity index (χ1) is 13.3. The summed E-state index contributed by atoms with van der Waals surface area (Å²) in [6, 6.07) is 7.95. The number of hydrogen-bond acceptors (Lipinski definition) is 3. The third-order valence-corrected chi connectivity index (χ3v) is 5.24. The van der Waals surface area contributed by atoms with E-state index in [4.69, 9.17) is 17.0 Å². The minimum atomic E-state index is -0.0877. The Hall–Kier alpha value is -2.12. The zero-order valence-electron chi connectivity index (χ0n) is 17.6. The number of rotatable bonds is 9. The zero-order valence-corrected chi connectivity index (χ0v) is 18.4. The van der Waals surface area contributed by atoms with Crippen LogP contribution in [-0.4, -0.2) is 55.3 Å². The highest BCUT2D eigenvalue weighted by Gasteiger charge is 2.15. The van der Waals surface area contributed by atoms with Crippen LogP contribution in [-0.2, 0) is 6.54 Å². The van der Waals surface area contributed by atoms with Gasteiger partial charge in [0.05, 0.1) is 39.8 Å². The SMILES string of the molecule is CC[C@H](C)NC(=S)N(CCC[NH+](C)C)Cc1cc2ccc(OC)cc2[nH]c1=O. The molecule has 1 atom stereocenters. The summed E-state index contributed by atoms with van der Waals surface area (Å²) in [7, 11) is 5.90. The van der Waals surface area contributed by atoms with Gasteiger partial charge in [-0.3, -0.25) is 4.79 Å². The average Bonchev–Trinajstić information content (AvgIpc) is 2.66. The Morgan fingerprint density at radius 1 is 1.36 bits per heavy atom. The number of thiocarbonyl (C=S) groups is 1. The van der Waals surface area contributed by atoms with E-state index in [-0.39, 0.29) is 5.56 Å². The number of quaternary nitrogens is 1. The standard InChI is InChI=1S/C21H32N4O2S/c1-6-15(2)22-21(28)25(11-7-10-24(3)4)14-17-12-16-8-9-18(27-5)13-19(16)23-20(17)26/h8-9,12-13,15H,6-7,10-11,14H2,1-5H3,(H,22,28)(H,23,26)/p+1/t15-/m0/s1. The molecule has 0 spiro atoms. The second-order valence-electron chi connectivity index (χ2n) is 7.57. The smallest absolute Gasteiger partial charge is 0.253 e. The van der Waals surface area contributed by atoms with Crippen molar-refractivity contribution in [2.45, 2.75) is 39.3 Å². The molecule has 2 aromatic rings. The molecule has 0 aliphatic carbocycles. The second kappa shape index (κ2) is 10.4. The third kappa shape index (κ3) is 6.21. The van der Waals surface area contributed by atoms with Gasteiger partial charge in [-0.1, -0.05) is 6.92 Å². The topological polar surface area (TPSA) is 61.8 Å². The van der Waals surface area contributed by atoms with Gasteiger partial charge in [0.1, 0.15) is 5.75 Å². The zero-order chi connectivity index (χ0) is 20.7. The maximum absolute atomic E-state index is 12.7. The van der Waals surface area contributed by atoms with Gasteiger partial charge in [-0.15, -0.1) is 0 Å². The van der Waals surface area contributed by atoms with Crippen molar-refractivity contribution in [3.8, 4) is 5.75 Å². The fourth-order valence-corrected chi connectivity index (χ4v) is 3.31. The summed E-state index contributed by atoms with van der Waals surface area (Å²) in [4.78, 5) is 19.1. The lowest BCUT2D eigenvalue weighted by Crippen LogP contribution is -3.05. The van der Waals surface area contributed by atoms with Gasteiger partial charge < -0.3 is 24.8 Å². The molecule has 28 heavy (non-hydrogen) atoms. The number of H-pyrrole nitrogens is 1. The van der Waals surface area contributed by atoms with Crippen LogP contribution < -0.4 is 20.5 Å². The van der Waals surface area contributed by atoms with Crippen LogP contribution in [0, 0.1) is 0 Å². The maximum Gasteiger partial charge on any atom is 0.253 e. The molecule has 0 bridgehead atoms. The average molecular weight is 406 g/mol. The normalized spacial score (nSPS) is 12.2. The van der Waals surface area contributed by atoms with Crippen LogP contribution in [0.1, 0.15) is 32.3 Å². The lowest BCUT2D eigenvalue weighted by molar-refractivity contribution is -0.858. The minimum absolute atomic E-state index is 0.0877. The van der Waals surface area contributed by atoms with E-state index in [1.807, 2.05) is 24.3 Å². The third-order valence-electron chi connectivity index (χ3n) is 4.87.